The number of ether oxygens (including phenoxy) is 1. The van der Waals surface area contributed by atoms with Crippen molar-refractivity contribution in [1.29, 1.82) is 0 Å². The van der Waals surface area contributed by atoms with Crippen molar-refractivity contribution in [3.05, 3.63) is 64.5 Å². The topological polar surface area (TPSA) is 92.8 Å². The van der Waals surface area contributed by atoms with Crippen LogP contribution in [0.1, 0.15) is 46.4 Å². The van der Waals surface area contributed by atoms with Crippen LogP contribution in [0.25, 0.3) is 0 Å². The van der Waals surface area contributed by atoms with Crippen molar-refractivity contribution in [3.8, 4) is 0 Å². The van der Waals surface area contributed by atoms with Gasteiger partial charge in [-0.25, -0.2) is 12.8 Å². The third-order valence-electron chi connectivity index (χ3n) is 6.90. The summed E-state index contributed by atoms with van der Waals surface area (Å²) >= 11 is 0. The normalized spacial score (nSPS) is 21.2. The summed E-state index contributed by atoms with van der Waals surface area (Å²) in [5.41, 5.74) is -0.552. The van der Waals surface area contributed by atoms with Crippen LogP contribution in [0.4, 0.5) is 17.6 Å². The van der Waals surface area contributed by atoms with E-state index >= 15 is 0 Å². The van der Waals surface area contributed by atoms with E-state index < -0.39 is 51.3 Å². The summed E-state index contributed by atoms with van der Waals surface area (Å²) in [7, 11) is -3.58. The van der Waals surface area contributed by atoms with Crippen LogP contribution < -0.4 is 5.32 Å². The maximum absolute atomic E-state index is 14.8. The number of halogens is 4. The summed E-state index contributed by atoms with van der Waals surface area (Å²) in [4.78, 5) is 28.2. The van der Waals surface area contributed by atoms with E-state index in [1.807, 2.05) is 6.92 Å². The number of nitrogens with zero attached hydrogens (tertiary/aromatic N) is 1. The maximum atomic E-state index is 14.8. The van der Waals surface area contributed by atoms with E-state index in [0.29, 0.717) is 18.1 Å². The van der Waals surface area contributed by atoms with E-state index in [-0.39, 0.29) is 47.6 Å². The van der Waals surface area contributed by atoms with Gasteiger partial charge in [-0.15, -0.1) is 0 Å². The second kappa shape index (κ2) is 10.3. The van der Waals surface area contributed by atoms with E-state index in [0.717, 1.165) is 18.4 Å². The van der Waals surface area contributed by atoms with Crippen LogP contribution in [0.3, 0.4) is 0 Å². The average molecular weight is 557 g/mol. The molecule has 2 amide bonds. The molecule has 0 spiro atoms. The number of hydrogen-bond donors (Lipinski definition) is 1. The molecule has 2 aromatic rings. The Balaban J connectivity index is 1.60. The van der Waals surface area contributed by atoms with Gasteiger partial charge in [0.1, 0.15) is 11.9 Å². The molecule has 2 aliphatic rings. The van der Waals surface area contributed by atoms with Crippen LogP contribution in [0, 0.1) is 24.6 Å². The standard InChI is InChI=1S/C26H28F4N2O5S/c1-14-6-16(9-19(7-14)38(3,35)36)25(34)32-11-15(2)8-22(32)24(33)31-23(17-12-37-13-17)20-5-4-18(10-21(20)27)26(28,29)30/h4-7,9-10,15,17,22-23H,8,11-13H2,1-3H3,(H,31,33)/t15-,22-,23-/m1/s1. The van der Waals surface area contributed by atoms with Crippen molar-refractivity contribution in [2.75, 3.05) is 26.0 Å². The number of likely N-dealkylation sites (tertiary alicyclic amines) is 1. The molecule has 2 fully saturated rings. The molecule has 2 heterocycles. The fraction of sp³-hybridized carbons (Fsp3) is 0.462. The predicted molar refractivity (Wildman–Crippen MR) is 129 cm³/mol. The third-order valence-corrected chi connectivity index (χ3v) is 7.99. The highest BCUT2D eigenvalue weighted by molar-refractivity contribution is 7.90. The monoisotopic (exact) mass is 556 g/mol. The minimum Gasteiger partial charge on any atom is -0.381 e. The molecule has 0 radical (unpaired) electrons. The van der Waals surface area contributed by atoms with Crippen LogP contribution in [0.2, 0.25) is 0 Å². The molecular formula is C26H28F4N2O5S. The third kappa shape index (κ3) is 5.85. The van der Waals surface area contributed by atoms with Gasteiger partial charge in [0.15, 0.2) is 9.84 Å². The van der Waals surface area contributed by atoms with Gasteiger partial charge in [-0.05, 0) is 55.2 Å². The van der Waals surface area contributed by atoms with E-state index in [9.17, 15) is 35.6 Å². The fourth-order valence-corrected chi connectivity index (χ4v) is 5.61. The smallest absolute Gasteiger partial charge is 0.381 e. The van der Waals surface area contributed by atoms with Crippen molar-refractivity contribution in [2.45, 2.75) is 43.4 Å². The number of carbonyl (C=O) groups is 2. The van der Waals surface area contributed by atoms with Gasteiger partial charge in [-0.3, -0.25) is 9.59 Å². The molecule has 0 saturated carbocycles. The summed E-state index contributed by atoms with van der Waals surface area (Å²) in [5.74, 6) is -2.61. The van der Waals surface area contributed by atoms with Gasteiger partial charge in [-0.2, -0.15) is 13.2 Å². The van der Waals surface area contributed by atoms with Gasteiger partial charge in [0.25, 0.3) is 5.91 Å². The second-order valence-corrected chi connectivity index (χ2v) is 12.2. The molecule has 12 heteroatoms. The molecule has 4 rings (SSSR count). The Kier molecular flexibility index (Phi) is 7.59. The molecule has 2 aromatic carbocycles. The van der Waals surface area contributed by atoms with Gasteiger partial charge in [0.05, 0.1) is 29.7 Å². The van der Waals surface area contributed by atoms with E-state index in [4.69, 9.17) is 4.74 Å². The average Bonchev–Trinajstić information content (AvgIpc) is 3.17. The number of rotatable bonds is 6. The molecule has 0 aliphatic carbocycles. The summed E-state index contributed by atoms with van der Waals surface area (Å²) in [6.07, 6.45) is -3.37. The van der Waals surface area contributed by atoms with Crippen molar-refractivity contribution in [3.63, 3.8) is 0 Å². The molecule has 3 atom stereocenters. The predicted octanol–water partition coefficient (Wildman–Crippen LogP) is 3.91. The van der Waals surface area contributed by atoms with Gasteiger partial charge in [0, 0.05) is 29.8 Å². The number of benzene rings is 2. The first-order valence-electron chi connectivity index (χ1n) is 12.0. The van der Waals surface area contributed by atoms with E-state index in [2.05, 4.69) is 5.32 Å². The molecule has 0 aromatic heterocycles. The highest BCUT2D eigenvalue weighted by Crippen LogP contribution is 2.35. The summed E-state index contributed by atoms with van der Waals surface area (Å²) in [6.45, 7) is 4.13. The lowest BCUT2D eigenvalue weighted by atomic mass is 9.90. The first-order valence-corrected chi connectivity index (χ1v) is 13.9. The van der Waals surface area contributed by atoms with Gasteiger partial charge >= 0.3 is 6.18 Å². The van der Waals surface area contributed by atoms with Crippen molar-refractivity contribution in [1.82, 2.24) is 10.2 Å². The van der Waals surface area contributed by atoms with E-state index in [1.165, 1.54) is 17.0 Å². The first kappa shape index (κ1) is 28.0. The second-order valence-electron chi connectivity index (χ2n) is 10.1. The van der Waals surface area contributed by atoms with Gasteiger partial charge < -0.3 is 15.0 Å². The largest absolute Gasteiger partial charge is 0.416 e. The number of aryl methyl sites for hydroxylation is 1. The lowest BCUT2D eigenvalue weighted by Crippen LogP contribution is -2.50. The van der Waals surface area contributed by atoms with Crippen LogP contribution in [-0.2, 0) is 25.5 Å². The number of hydrogen-bond acceptors (Lipinski definition) is 5. The molecule has 0 unspecified atom stereocenters. The van der Waals surface area contributed by atoms with Crippen LogP contribution >= 0.6 is 0 Å². The molecule has 0 bridgehead atoms. The number of amides is 2. The maximum Gasteiger partial charge on any atom is 0.416 e. The molecular weight excluding hydrogens is 528 g/mol. The quantitative estimate of drug-likeness (QED) is 0.545. The first-order chi connectivity index (χ1) is 17.6. The molecule has 38 heavy (non-hydrogen) atoms. The Labute approximate surface area is 218 Å². The molecule has 1 N–H and O–H groups in total. The zero-order valence-corrected chi connectivity index (χ0v) is 21.8. The Morgan fingerprint density at radius 1 is 1.13 bits per heavy atom. The van der Waals surface area contributed by atoms with Crippen LogP contribution in [0.5, 0.6) is 0 Å². The molecule has 7 nitrogen and oxygen atoms in total. The molecule has 2 saturated heterocycles. The van der Waals surface area contributed by atoms with E-state index in [1.54, 1.807) is 13.0 Å². The summed E-state index contributed by atoms with van der Waals surface area (Å²) < 4.78 is 83.3. The highest BCUT2D eigenvalue weighted by Gasteiger charge is 2.41. The summed E-state index contributed by atoms with van der Waals surface area (Å²) in [5, 5.41) is 2.75. The minimum absolute atomic E-state index is 0.0167. The zero-order chi connectivity index (χ0) is 28.0. The van der Waals surface area contributed by atoms with Crippen LogP contribution in [-0.4, -0.2) is 57.2 Å². The Bertz CT molecular complexity index is 1360. The zero-order valence-electron chi connectivity index (χ0n) is 21.0. The summed E-state index contributed by atoms with van der Waals surface area (Å²) in [6, 6.07) is 4.56. The Morgan fingerprint density at radius 2 is 1.82 bits per heavy atom. The van der Waals surface area contributed by atoms with Gasteiger partial charge in [0.2, 0.25) is 5.91 Å². The van der Waals surface area contributed by atoms with Crippen molar-refractivity contribution >= 4 is 21.7 Å². The SMILES string of the molecule is Cc1cc(C(=O)N2C[C@H](C)C[C@@H]2C(=O)N[C@@H](c2ccc(C(F)(F)F)cc2F)C2COC2)cc(S(C)(=O)=O)c1. The number of alkyl halides is 3. The van der Waals surface area contributed by atoms with Gasteiger partial charge in [-0.1, -0.05) is 13.0 Å². The fourth-order valence-electron chi connectivity index (χ4n) is 4.87. The Morgan fingerprint density at radius 3 is 2.37 bits per heavy atom. The highest BCUT2D eigenvalue weighted by atomic mass is 32.2. The Hall–Kier alpha value is -2.99. The molecule has 206 valence electrons. The van der Waals surface area contributed by atoms with Crippen molar-refractivity contribution in [2.24, 2.45) is 11.8 Å². The molecule has 2 aliphatic heterocycles. The minimum atomic E-state index is -4.72. The lowest BCUT2D eigenvalue weighted by Gasteiger charge is -2.36. The number of nitrogens with one attached hydrogen (secondary N) is 1. The van der Waals surface area contributed by atoms with Crippen molar-refractivity contribution < 1.29 is 40.3 Å². The lowest BCUT2D eigenvalue weighted by molar-refractivity contribution is -0.138. The van der Waals surface area contributed by atoms with Crippen LogP contribution in [0.15, 0.2) is 41.3 Å². The number of carbonyl (C=O) groups excluding carboxylic acids is 2. The number of sulfone groups is 1.